The number of rotatable bonds is 3. The number of alkyl halides is 3. The highest BCUT2D eigenvalue weighted by atomic mass is 35.5. The summed E-state index contributed by atoms with van der Waals surface area (Å²) in [5, 5.41) is 0. The summed E-state index contributed by atoms with van der Waals surface area (Å²) in [5.41, 5.74) is 0.759. The quantitative estimate of drug-likeness (QED) is 0.669. The highest BCUT2D eigenvalue weighted by molar-refractivity contribution is 6.17. The maximum Gasteiger partial charge on any atom is 0.387 e. The summed E-state index contributed by atoms with van der Waals surface area (Å²) in [5.74, 6) is 0.434. The monoisotopic (exact) mass is 192 g/mol. The Morgan fingerprint density at radius 1 is 1.42 bits per heavy atom. The van der Waals surface area contributed by atoms with Crippen LogP contribution in [0.15, 0.2) is 24.3 Å². The second-order valence-corrected chi connectivity index (χ2v) is 2.43. The summed E-state index contributed by atoms with van der Waals surface area (Å²) in [6, 6.07) is 6.31. The maximum absolute atomic E-state index is 11.7. The first kappa shape index (κ1) is 9.26. The van der Waals surface area contributed by atoms with Gasteiger partial charge in [-0.3, -0.25) is 0 Å². The van der Waals surface area contributed by atoms with Gasteiger partial charge in [0, 0.05) is 5.88 Å². The molecule has 0 saturated heterocycles. The molecule has 0 aliphatic carbocycles. The zero-order chi connectivity index (χ0) is 8.97. The Bertz CT molecular complexity index is 253. The summed E-state index contributed by atoms with van der Waals surface area (Å²) in [7, 11) is 0. The molecule has 1 aromatic carbocycles. The Morgan fingerprint density at radius 2 is 2.17 bits per heavy atom. The van der Waals surface area contributed by atoms with Crippen molar-refractivity contribution in [3.05, 3.63) is 29.8 Å². The van der Waals surface area contributed by atoms with Gasteiger partial charge in [0.15, 0.2) is 0 Å². The first-order chi connectivity index (χ1) is 5.72. The number of hydrogen-bond donors (Lipinski definition) is 0. The van der Waals surface area contributed by atoms with Crippen molar-refractivity contribution >= 4 is 11.6 Å². The van der Waals surface area contributed by atoms with Gasteiger partial charge in [-0.05, 0) is 17.7 Å². The molecule has 1 nitrogen and oxygen atoms in total. The fourth-order valence-corrected chi connectivity index (χ4v) is 0.971. The number of halogens is 3. The molecule has 0 aliphatic heterocycles. The Morgan fingerprint density at radius 3 is 2.75 bits per heavy atom. The largest absolute Gasteiger partial charge is 0.435 e. The van der Waals surface area contributed by atoms with Crippen LogP contribution < -0.4 is 4.74 Å². The lowest BCUT2D eigenvalue weighted by Crippen LogP contribution is -2.01. The molecule has 0 fully saturated rings. The van der Waals surface area contributed by atoms with Crippen LogP contribution in [0.1, 0.15) is 5.56 Å². The molecule has 0 aliphatic rings. The third-order valence-corrected chi connectivity index (χ3v) is 1.59. The van der Waals surface area contributed by atoms with Crippen molar-refractivity contribution < 1.29 is 13.5 Å². The van der Waals surface area contributed by atoms with E-state index in [4.69, 9.17) is 11.6 Å². The summed E-state index contributed by atoms with van der Waals surface area (Å²) in [4.78, 5) is 0. The first-order valence-corrected chi connectivity index (χ1v) is 3.85. The standard InChI is InChI=1S/C8H7ClF2O/c9-5-6-2-1-3-7(4-6)12-8(10)11/h1-4,8H,5H2. The Hall–Kier alpha value is -0.830. The van der Waals surface area contributed by atoms with E-state index in [1.165, 1.54) is 12.1 Å². The number of hydrogen-bond acceptors (Lipinski definition) is 1. The van der Waals surface area contributed by atoms with Crippen LogP contribution in [0.25, 0.3) is 0 Å². The lowest BCUT2D eigenvalue weighted by atomic mass is 10.2. The van der Waals surface area contributed by atoms with Crippen LogP contribution in [0.5, 0.6) is 5.75 Å². The molecule has 0 aromatic heterocycles. The van der Waals surface area contributed by atoms with Crippen LogP contribution in [0.4, 0.5) is 8.78 Å². The molecule has 0 unspecified atom stereocenters. The van der Waals surface area contributed by atoms with Gasteiger partial charge in [-0.25, -0.2) is 0 Å². The molecule has 0 amide bonds. The molecule has 66 valence electrons. The molecule has 12 heavy (non-hydrogen) atoms. The number of ether oxygens (including phenoxy) is 1. The summed E-state index contributed by atoms with van der Waals surface area (Å²) in [6.07, 6.45) is 0. The third kappa shape index (κ3) is 2.66. The normalized spacial score (nSPS) is 10.3. The summed E-state index contributed by atoms with van der Waals surface area (Å²) >= 11 is 5.49. The summed E-state index contributed by atoms with van der Waals surface area (Å²) < 4.78 is 27.6. The van der Waals surface area contributed by atoms with Gasteiger partial charge in [0.1, 0.15) is 5.75 Å². The van der Waals surface area contributed by atoms with E-state index in [0.717, 1.165) is 5.56 Å². The van der Waals surface area contributed by atoms with E-state index in [1.807, 2.05) is 0 Å². The fourth-order valence-electron chi connectivity index (χ4n) is 0.805. The van der Waals surface area contributed by atoms with E-state index in [0.29, 0.717) is 5.88 Å². The van der Waals surface area contributed by atoms with Crippen LogP contribution in [0, 0.1) is 0 Å². The molecular formula is C8H7ClF2O. The van der Waals surface area contributed by atoms with Crippen LogP contribution >= 0.6 is 11.6 Å². The van der Waals surface area contributed by atoms with Crippen molar-refractivity contribution in [1.29, 1.82) is 0 Å². The fraction of sp³-hybridized carbons (Fsp3) is 0.250. The smallest absolute Gasteiger partial charge is 0.387 e. The highest BCUT2D eigenvalue weighted by Gasteiger charge is 2.03. The summed E-state index contributed by atoms with van der Waals surface area (Å²) in [6.45, 7) is -2.78. The molecule has 0 bridgehead atoms. The van der Waals surface area contributed by atoms with E-state index in [-0.39, 0.29) is 5.75 Å². The molecule has 0 heterocycles. The van der Waals surface area contributed by atoms with Gasteiger partial charge in [-0.2, -0.15) is 8.78 Å². The molecule has 1 aromatic rings. The molecule has 0 saturated carbocycles. The van der Waals surface area contributed by atoms with Crippen LogP contribution in [0.2, 0.25) is 0 Å². The SMILES string of the molecule is FC(F)Oc1cccc(CCl)c1. The van der Waals surface area contributed by atoms with E-state index >= 15 is 0 Å². The lowest BCUT2D eigenvalue weighted by Gasteiger charge is -2.04. The zero-order valence-electron chi connectivity index (χ0n) is 6.14. The van der Waals surface area contributed by atoms with Crippen molar-refractivity contribution in [2.45, 2.75) is 12.5 Å². The minimum Gasteiger partial charge on any atom is -0.435 e. The van der Waals surface area contributed by atoms with Crippen molar-refractivity contribution in [3.63, 3.8) is 0 Å². The Labute approximate surface area is 73.9 Å². The van der Waals surface area contributed by atoms with Gasteiger partial charge in [-0.1, -0.05) is 12.1 Å². The van der Waals surface area contributed by atoms with Crippen molar-refractivity contribution in [1.82, 2.24) is 0 Å². The molecule has 0 spiro atoms. The van der Waals surface area contributed by atoms with Gasteiger partial charge in [0.2, 0.25) is 0 Å². The molecule has 0 radical (unpaired) electrons. The Kier molecular flexibility index (Phi) is 3.29. The van der Waals surface area contributed by atoms with Crippen molar-refractivity contribution in [2.75, 3.05) is 0 Å². The Balaban J connectivity index is 2.72. The van der Waals surface area contributed by atoms with Gasteiger partial charge in [0.25, 0.3) is 0 Å². The van der Waals surface area contributed by atoms with E-state index in [2.05, 4.69) is 4.74 Å². The molecular weight excluding hydrogens is 186 g/mol. The predicted molar refractivity (Wildman–Crippen MR) is 42.6 cm³/mol. The average molecular weight is 193 g/mol. The lowest BCUT2D eigenvalue weighted by molar-refractivity contribution is -0.0498. The predicted octanol–water partition coefficient (Wildman–Crippen LogP) is 3.03. The minimum atomic E-state index is -2.78. The second kappa shape index (κ2) is 4.26. The van der Waals surface area contributed by atoms with Crippen LogP contribution in [-0.4, -0.2) is 6.61 Å². The highest BCUT2D eigenvalue weighted by Crippen LogP contribution is 2.16. The second-order valence-electron chi connectivity index (χ2n) is 2.16. The van der Waals surface area contributed by atoms with Crippen molar-refractivity contribution in [2.24, 2.45) is 0 Å². The van der Waals surface area contributed by atoms with E-state index in [9.17, 15) is 8.78 Å². The number of benzene rings is 1. The van der Waals surface area contributed by atoms with Crippen molar-refractivity contribution in [3.8, 4) is 5.75 Å². The van der Waals surface area contributed by atoms with E-state index < -0.39 is 6.61 Å². The average Bonchev–Trinajstić information content (AvgIpc) is 2.03. The third-order valence-electron chi connectivity index (χ3n) is 1.28. The zero-order valence-corrected chi connectivity index (χ0v) is 6.89. The van der Waals surface area contributed by atoms with Gasteiger partial charge >= 0.3 is 6.61 Å². The first-order valence-electron chi connectivity index (χ1n) is 3.32. The van der Waals surface area contributed by atoms with Crippen LogP contribution in [-0.2, 0) is 5.88 Å². The van der Waals surface area contributed by atoms with E-state index in [1.54, 1.807) is 12.1 Å². The van der Waals surface area contributed by atoms with Gasteiger partial charge in [0.05, 0.1) is 0 Å². The van der Waals surface area contributed by atoms with Gasteiger partial charge < -0.3 is 4.74 Å². The molecule has 0 atom stereocenters. The van der Waals surface area contributed by atoms with Gasteiger partial charge in [-0.15, -0.1) is 11.6 Å². The van der Waals surface area contributed by atoms with Crippen LogP contribution in [0.3, 0.4) is 0 Å². The topological polar surface area (TPSA) is 9.23 Å². The molecule has 1 rings (SSSR count). The minimum absolute atomic E-state index is 0.142. The molecule has 0 N–H and O–H groups in total. The molecule has 4 heteroatoms. The maximum atomic E-state index is 11.7.